The molecule has 17 heavy (non-hydrogen) atoms. The Morgan fingerprint density at radius 2 is 2.29 bits per heavy atom. The molecule has 0 aromatic heterocycles. The highest BCUT2D eigenvalue weighted by molar-refractivity contribution is 5.18. The lowest BCUT2D eigenvalue weighted by Crippen LogP contribution is -2.42. The van der Waals surface area contributed by atoms with Crippen LogP contribution < -0.4 is 5.32 Å². The second kappa shape index (κ2) is 5.13. The lowest BCUT2D eigenvalue weighted by Gasteiger charge is -2.34. The third kappa shape index (κ3) is 3.25. The molecular weight excluding hydrogens is 220 g/mol. The zero-order valence-corrected chi connectivity index (χ0v) is 10.2. The van der Waals surface area contributed by atoms with Gasteiger partial charge in [0.15, 0.2) is 0 Å². The number of alkyl halides is 1. The number of hydrogen-bond acceptors (Lipinski definition) is 1. The molecule has 0 saturated carbocycles. The molecule has 0 radical (unpaired) electrons. The van der Waals surface area contributed by atoms with Crippen molar-refractivity contribution in [3.63, 3.8) is 0 Å². The topological polar surface area (TPSA) is 12.0 Å². The Kier molecular flexibility index (Phi) is 3.77. The lowest BCUT2D eigenvalue weighted by molar-refractivity contribution is 0.0833. The normalized spacial score (nSPS) is 24.3. The average molecular weight is 239 g/mol. The molecule has 0 bridgehead atoms. The van der Waals surface area contributed by atoms with Crippen molar-refractivity contribution >= 4 is 0 Å². The molecule has 3 heteroatoms. The molecule has 1 aromatic carbocycles. The van der Waals surface area contributed by atoms with Gasteiger partial charge in [-0.3, -0.25) is 0 Å². The van der Waals surface area contributed by atoms with Gasteiger partial charge in [0.1, 0.15) is 11.5 Å². The zero-order valence-electron chi connectivity index (χ0n) is 10.2. The standard InChI is InChI=1S/C14H19F2N/c1-14(16,12-5-3-7-17-10-12)9-11-4-2-6-13(15)8-11/h2,4,6,8,12,17H,3,5,7,9-10H2,1H3. The lowest BCUT2D eigenvalue weighted by atomic mass is 9.81. The summed E-state index contributed by atoms with van der Waals surface area (Å²) < 4.78 is 27.7. The fraction of sp³-hybridized carbons (Fsp3) is 0.571. The van der Waals surface area contributed by atoms with E-state index in [1.165, 1.54) is 12.1 Å². The van der Waals surface area contributed by atoms with Crippen molar-refractivity contribution in [2.45, 2.75) is 31.9 Å². The van der Waals surface area contributed by atoms with E-state index >= 15 is 0 Å². The summed E-state index contributed by atoms with van der Waals surface area (Å²) in [6.07, 6.45) is 2.22. The molecule has 1 aromatic rings. The Morgan fingerprint density at radius 1 is 1.47 bits per heavy atom. The Morgan fingerprint density at radius 3 is 2.94 bits per heavy atom. The summed E-state index contributed by atoms with van der Waals surface area (Å²) in [6, 6.07) is 6.24. The van der Waals surface area contributed by atoms with Crippen LogP contribution in [0.4, 0.5) is 8.78 Å². The molecule has 1 fully saturated rings. The monoisotopic (exact) mass is 239 g/mol. The smallest absolute Gasteiger partial charge is 0.123 e. The van der Waals surface area contributed by atoms with E-state index in [1.807, 2.05) is 0 Å². The number of benzene rings is 1. The van der Waals surface area contributed by atoms with Crippen molar-refractivity contribution in [1.29, 1.82) is 0 Å². The first-order chi connectivity index (χ1) is 8.08. The minimum atomic E-state index is -1.26. The van der Waals surface area contributed by atoms with Crippen LogP contribution in [0.1, 0.15) is 25.3 Å². The van der Waals surface area contributed by atoms with E-state index in [2.05, 4.69) is 5.32 Å². The maximum Gasteiger partial charge on any atom is 0.123 e. The molecule has 2 atom stereocenters. The third-order valence-corrected chi connectivity index (χ3v) is 3.59. The van der Waals surface area contributed by atoms with Crippen LogP contribution in [0.2, 0.25) is 0 Å². The van der Waals surface area contributed by atoms with Gasteiger partial charge < -0.3 is 5.32 Å². The Bertz CT molecular complexity index is 370. The first kappa shape index (κ1) is 12.5. The summed E-state index contributed by atoms with van der Waals surface area (Å²) in [5.41, 5.74) is -0.526. The molecule has 1 saturated heterocycles. The fourth-order valence-corrected chi connectivity index (χ4v) is 2.56. The number of nitrogens with one attached hydrogen (secondary N) is 1. The molecule has 2 unspecified atom stereocenters. The molecule has 0 aliphatic carbocycles. The number of piperidine rings is 1. The average Bonchev–Trinajstić information content (AvgIpc) is 2.29. The number of halogens is 2. The fourth-order valence-electron chi connectivity index (χ4n) is 2.56. The third-order valence-electron chi connectivity index (χ3n) is 3.59. The van der Waals surface area contributed by atoms with E-state index in [1.54, 1.807) is 19.1 Å². The van der Waals surface area contributed by atoms with E-state index in [9.17, 15) is 8.78 Å². The van der Waals surface area contributed by atoms with Crippen LogP contribution in [0.5, 0.6) is 0 Å². The van der Waals surface area contributed by atoms with Gasteiger partial charge in [0.25, 0.3) is 0 Å². The number of rotatable bonds is 3. The van der Waals surface area contributed by atoms with Gasteiger partial charge in [-0.25, -0.2) is 8.78 Å². The summed E-state index contributed by atoms with van der Waals surface area (Å²) in [5.74, 6) is -0.264. The minimum absolute atomic E-state index is 0.0273. The van der Waals surface area contributed by atoms with Gasteiger partial charge in [-0.15, -0.1) is 0 Å². The highest BCUT2D eigenvalue weighted by Crippen LogP contribution is 2.31. The second-order valence-corrected chi connectivity index (χ2v) is 5.13. The molecule has 94 valence electrons. The van der Waals surface area contributed by atoms with Crippen molar-refractivity contribution in [3.8, 4) is 0 Å². The van der Waals surface area contributed by atoms with Gasteiger partial charge in [-0.05, 0) is 44.0 Å². The van der Waals surface area contributed by atoms with Gasteiger partial charge in [-0.2, -0.15) is 0 Å². The summed E-state index contributed by atoms with van der Waals surface area (Å²) in [5, 5.41) is 3.22. The summed E-state index contributed by atoms with van der Waals surface area (Å²) in [6.45, 7) is 3.34. The zero-order chi connectivity index (χ0) is 12.3. The first-order valence-electron chi connectivity index (χ1n) is 6.22. The SMILES string of the molecule is CC(F)(Cc1cccc(F)c1)C1CCCNC1. The molecule has 1 heterocycles. The Balaban J connectivity index is 2.05. The van der Waals surface area contributed by atoms with Crippen LogP contribution in [0.3, 0.4) is 0 Å². The van der Waals surface area contributed by atoms with Gasteiger partial charge in [0, 0.05) is 18.9 Å². The molecule has 1 N–H and O–H groups in total. The Labute approximate surface area is 101 Å². The maximum atomic E-state index is 14.6. The predicted octanol–water partition coefficient (Wildman–Crippen LogP) is 3.10. The molecule has 2 rings (SSSR count). The van der Waals surface area contributed by atoms with Crippen molar-refractivity contribution in [3.05, 3.63) is 35.6 Å². The molecule has 1 aliphatic rings. The van der Waals surface area contributed by atoms with Crippen LogP contribution in [-0.2, 0) is 6.42 Å². The van der Waals surface area contributed by atoms with Gasteiger partial charge in [-0.1, -0.05) is 12.1 Å². The second-order valence-electron chi connectivity index (χ2n) is 5.13. The maximum absolute atomic E-state index is 14.6. The van der Waals surface area contributed by atoms with E-state index in [0.717, 1.165) is 31.5 Å². The van der Waals surface area contributed by atoms with Crippen LogP contribution in [0.25, 0.3) is 0 Å². The van der Waals surface area contributed by atoms with Crippen molar-refractivity contribution < 1.29 is 8.78 Å². The van der Waals surface area contributed by atoms with Crippen LogP contribution in [-0.4, -0.2) is 18.8 Å². The van der Waals surface area contributed by atoms with Crippen LogP contribution in [0, 0.1) is 11.7 Å². The largest absolute Gasteiger partial charge is 0.316 e. The van der Waals surface area contributed by atoms with E-state index in [0.29, 0.717) is 0 Å². The van der Waals surface area contributed by atoms with Crippen LogP contribution in [0.15, 0.2) is 24.3 Å². The van der Waals surface area contributed by atoms with Crippen molar-refractivity contribution in [1.82, 2.24) is 5.32 Å². The molecule has 0 amide bonds. The molecule has 0 spiro atoms. The molecule has 1 nitrogen and oxygen atoms in total. The van der Waals surface area contributed by atoms with Gasteiger partial charge in [0.05, 0.1) is 0 Å². The van der Waals surface area contributed by atoms with Crippen LogP contribution >= 0.6 is 0 Å². The quantitative estimate of drug-likeness (QED) is 0.854. The first-order valence-corrected chi connectivity index (χ1v) is 6.22. The highest BCUT2D eigenvalue weighted by Gasteiger charge is 2.35. The van der Waals surface area contributed by atoms with Crippen molar-refractivity contribution in [2.24, 2.45) is 5.92 Å². The Hall–Kier alpha value is -0.960. The minimum Gasteiger partial charge on any atom is -0.316 e. The summed E-state index contributed by atoms with van der Waals surface area (Å²) in [7, 11) is 0. The van der Waals surface area contributed by atoms with E-state index < -0.39 is 5.67 Å². The van der Waals surface area contributed by atoms with Crippen molar-refractivity contribution in [2.75, 3.05) is 13.1 Å². The summed E-state index contributed by atoms with van der Waals surface area (Å²) in [4.78, 5) is 0. The van der Waals surface area contributed by atoms with E-state index in [-0.39, 0.29) is 18.2 Å². The predicted molar refractivity (Wildman–Crippen MR) is 65.2 cm³/mol. The van der Waals surface area contributed by atoms with E-state index in [4.69, 9.17) is 0 Å². The van der Waals surface area contributed by atoms with Gasteiger partial charge >= 0.3 is 0 Å². The molecule has 1 aliphatic heterocycles. The summed E-state index contributed by atoms with van der Waals surface area (Å²) >= 11 is 0. The highest BCUT2D eigenvalue weighted by atomic mass is 19.1. The molecular formula is C14H19F2N. The van der Waals surface area contributed by atoms with Gasteiger partial charge in [0.2, 0.25) is 0 Å². The number of hydrogen-bond donors (Lipinski definition) is 1.